The highest BCUT2D eigenvalue weighted by Gasteiger charge is 1.95. The van der Waals surface area contributed by atoms with Crippen molar-refractivity contribution in [2.45, 2.75) is 6.42 Å². The molecule has 0 aliphatic heterocycles. The van der Waals surface area contributed by atoms with Gasteiger partial charge in [-0.25, -0.2) is 0 Å². The highest BCUT2D eigenvalue weighted by Crippen LogP contribution is 2.15. The van der Waals surface area contributed by atoms with Gasteiger partial charge in [-0.2, -0.15) is 12.6 Å². The first-order chi connectivity index (χ1) is 4.84. The van der Waals surface area contributed by atoms with Crippen LogP contribution in [0, 0.1) is 0 Å². The van der Waals surface area contributed by atoms with Crippen LogP contribution in [0.1, 0.15) is 5.56 Å². The molecular weight excluding hydrogens is 144 g/mol. The number of hydrogen-bond acceptors (Lipinski definition) is 2. The van der Waals surface area contributed by atoms with Gasteiger partial charge in [-0.3, -0.25) is 0 Å². The second-order valence-corrected chi connectivity index (χ2v) is 2.55. The van der Waals surface area contributed by atoms with Crippen LogP contribution in [0.15, 0.2) is 24.3 Å². The molecule has 1 rings (SSSR count). The Morgan fingerprint density at radius 3 is 2.60 bits per heavy atom. The Morgan fingerprint density at radius 2 is 2.00 bits per heavy atom. The normalized spacial score (nSPS) is 9.70. The van der Waals surface area contributed by atoms with E-state index in [1.807, 2.05) is 18.2 Å². The summed E-state index contributed by atoms with van der Waals surface area (Å²) in [4.78, 5) is 0. The lowest BCUT2D eigenvalue weighted by atomic mass is 10.1. The average Bonchev–Trinajstić information content (AvgIpc) is 1.94. The minimum absolute atomic E-state index is 0.372. The van der Waals surface area contributed by atoms with Gasteiger partial charge in [-0.15, -0.1) is 0 Å². The number of rotatable bonds is 2. The fraction of sp³-hybridized carbons (Fsp3) is 0.250. The largest absolute Gasteiger partial charge is 0.508 e. The molecule has 1 aromatic carbocycles. The number of phenols is 1. The van der Waals surface area contributed by atoms with E-state index in [4.69, 9.17) is 0 Å². The zero-order valence-electron chi connectivity index (χ0n) is 5.62. The fourth-order valence-corrected chi connectivity index (χ4v) is 1.08. The molecule has 0 saturated heterocycles. The van der Waals surface area contributed by atoms with Crippen molar-refractivity contribution in [3.8, 4) is 5.75 Å². The van der Waals surface area contributed by atoms with Gasteiger partial charge in [-0.05, 0) is 23.8 Å². The van der Waals surface area contributed by atoms with Crippen molar-refractivity contribution in [3.05, 3.63) is 29.8 Å². The van der Waals surface area contributed by atoms with E-state index >= 15 is 0 Å². The molecule has 1 nitrogen and oxygen atoms in total. The lowest BCUT2D eigenvalue weighted by molar-refractivity contribution is 0.469. The van der Waals surface area contributed by atoms with Crippen LogP contribution in [0.2, 0.25) is 0 Å². The molecule has 0 aliphatic rings. The molecule has 0 unspecified atom stereocenters. The van der Waals surface area contributed by atoms with Crippen LogP contribution in [-0.4, -0.2) is 10.9 Å². The van der Waals surface area contributed by atoms with Crippen molar-refractivity contribution in [1.29, 1.82) is 0 Å². The number of thiol groups is 1. The Kier molecular flexibility index (Phi) is 2.63. The topological polar surface area (TPSA) is 20.2 Å². The first kappa shape index (κ1) is 7.48. The summed E-state index contributed by atoms with van der Waals surface area (Å²) in [7, 11) is 0. The fourth-order valence-electron chi connectivity index (χ4n) is 0.843. The summed E-state index contributed by atoms with van der Waals surface area (Å²) in [6.07, 6.45) is 0.829. The standard InChI is InChI=1S/C8H10OS/c9-8-4-2-1-3-7(8)5-6-10/h1-4,9-10H,5-6H2. The van der Waals surface area contributed by atoms with Gasteiger partial charge in [-0.1, -0.05) is 18.2 Å². The van der Waals surface area contributed by atoms with Crippen LogP contribution in [-0.2, 0) is 6.42 Å². The van der Waals surface area contributed by atoms with Crippen LogP contribution in [0.25, 0.3) is 0 Å². The summed E-state index contributed by atoms with van der Waals surface area (Å²) in [5.41, 5.74) is 0.970. The summed E-state index contributed by atoms with van der Waals surface area (Å²) in [5.74, 6) is 1.15. The summed E-state index contributed by atoms with van der Waals surface area (Å²) in [6.45, 7) is 0. The first-order valence-electron chi connectivity index (χ1n) is 3.22. The van der Waals surface area contributed by atoms with Gasteiger partial charge in [0.05, 0.1) is 0 Å². The van der Waals surface area contributed by atoms with Gasteiger partial charge in [0, 0.05) is 0 Å². The third kappa shape index (κ3) is 1.67. The maximum absolute atomic E-state index is 9.21. The molecule has 54 valence electrons. The van der Waals surface area contributed by atoms with Gasteiger partial charge < -0.3 is 5.11 Å². The molecule has 2 heteroatoms. The monoisotopic (exact) mass is 154 g/mol. The Balaban J connectivity index is 2.81. The maximum atomic E-state index is 9.21. The Morgan fingerprint density at radius 1 is 1.30 bits per heavy atom. The van der Waals surface area contributed by atoms with Crippen LogP contribution < -0.4 is 0 Å². The molecule has 10 heavy (non-hydrogen) atoms. The van der Waals surface area contributed by atoms with E-state index in [9.17, 15) is 5.11 Å². The van der Waals surface area contributed by atoms with E-state index in [0.29, 0.717) is 5.75 Å². The number of aromatic hydroxyl groups is 1. The van der Waals surface area contributed by atoms with Crippen molar-refractivity contribution in [1.82, 2.24) is 0 Å². The molecule has 0 aliphatic carbocycles. The predicted octanol–water partition coefficient (Wildman–Crippen LogP) is 1.86. The molecule has 0 saturated carbocycles. The minimum Gasteiger partial charge on any atom is -0.508 e. The smallest absolute Gasteiger partial charge is 0.118 e. The molecular formula is C8H10OS. The van der Waals surface area contributed by atoms with Crippen LogP contribution in [0.4, 0.5) is 0 Å². The zero-order valence-corrected chi connectivity index (χ0v) is 6.51. The van der Waals surface area contributed by atoms with Gasteiger partial charge >= 0.3 is 0 Å². The van der Waals surface area contributed by atoms with Crippen molar-refractivity contribution >= 4 is 12.6 Å². The second-order valence-electron chi connectivity index (χ2n) is 2.10. The van der Waals surface area contributed by atoms with Crippen LogP contribution in [0.5, 0.6) is 5.75 Å². The first-order valence-corrected chi connectivity index (χ1v) is 3.85. The zero-order chi connectivity index (χ0) is 7.40. The molecule has 1 N–H and O–H groups in total. The third-order valence-electron chi connectivity index (χ3n) is 1.37. The summed E-state index contributed by atoms with van der Waals surface area (Å²) in [6, 6.07) is 7.33. The molecule has 0 spiro atoms. The molecule has 1 aromatic rings. The number of hydrogen-bond donors (Lipinski definition) is 2. The van der Waals surface area contributed by atoms with Crippen molar-refractivity contribution in [3.63, 3.8) is 0 Å². The highest BCUT2D eigenvalue weighted by molar-refractivity contribution is 7.80. The van der Waals surface area contributed by atoms with E-state index in [-0.39, 0.29) is 0 Å². The highest BCUT2D eigenvalue weighted by atomic mass is 32.1. The Hall–Kier alpha value is -0.630. The maximum Gasteiger partial charge on any atom is 0.118 e. The Labute approximate surface area is 66.1 Å². The van der Waals surface area contributed by atoms with E-state index in [1.165, 1.54) is 0 Å². The van der Waals surface area contributed by atoms with E-state index < -0.39 is 0 Å². The molecule has 0 bridgehead atoms. The number of para-hydroxylation sites is 1. The molecule has 0 aromatic heterocycles. The summed E-state index contributed by atoms with van der Waals surface area (Å²) < 4.78 is 0. The lowest BCUT2D eigenvalue weighted by Gasteiger charge is -1.99. The van der Waals surface area contributed by atoms with E-state index in [0.717, 1.165) is 17.7 Å². The number of phenolic OH excluding ortho intramolecular Hbond substituents is 1. The summed E-state index contributed by atoms with van der Waals surface area (Å²) in [5, 5.41) is 9.21. The molecule has 0 fully saturated rings. The predicted molar refractivity (Wildman–Crippen MR) is 45.7 cm³/mol. The van der Waals surface area contributed by atoms with E-state index in [1.54, 1.807) is 6.07 Å². The van der Waals surface area contributed by atoms with Gasteiger partial charge in [0.15, 0.2) is 0 Å². The third-order valence-corrected chi connectivity index (χ3v) is 1.60. The van der Waals surface area contributed by atoms with Gasteiger partial charge in [0.2, 0.25) is 0 Å². The summed E-state index contributed by atoms with van der Waals surface area (Å²) >= 11 is 4.07. The Bertz CT molecular complexity index is 210. The lowest BCUT2D eigenvalue weighted by Crippen LogP contribution is -1.85. The van der Waals surface area contributed by atoms with Crippen molar-refractivity contribution in [2.24, 2.45) is 0 Å². The van der Waals surface area contributed by atoms with Gasteiger partial charge in [0.25, 0.3) is 0 Å². The molecule has 0 radical (unpaired) electrons. The SMILES string of the molecule is Oc1ccccc1CCS. The second kappa shape index (κ2) is 3.52. The van der Waals surface area contributed by atoms with Crippen molar-refractivity contribution < 1.29 is 5.11 Å². The number of benzene rings is 1. The van der Waals surface area contributed by atoms with Crippen LogP contribution in [0.3, 0.4) is 0 Å². The average molecular weight is 154 g/mol. The number of aryl methyl sites for hydroxylation is 1. The molecule has 0 amide bonds. The van der Waals surface area contributed by atoms with Crippen LogP contribution >= 0.6 is 12.6 Å². The molecule has 0 heterocycles. The molecule has 0 atom stereocenters. The minimum atomic E-state index is 0.372. The van der Waals surface area contributed by atoms with Crippen molar-refractivity contribution in [2.75, 3.05) is 5.75 Å². The quantitative estimate of drug-likeness (QED) is 0.623. The van der Waals surface area contributed by atoms with E-state index in [2.05, 4.69) is 12.6 Å². The van der Waals surface area contributed by atoms with Gasteiger partial charge in [0.1, 0.15) is 5.75 Å².